The highest BCUT2D eigenvalue weighted by Gasteiger charge is 2.06. The van der Waals surface area contributed by atoms with Gasteiger partial charge in [0.25, 0.3) is 0 Å². The number of hydrogen-bond donors (Lipinski definition) is 2. The third-order valence-corrected chi connectivity index (χ3v) is 3.80. The summed E-state index contributed by atoms with van der Waals surface area (Å²) in [6, 6.07) is 7.74. The zero-order chi connectivity index (χ0) is 13.4. The van der Waals surface area contributed by atoms with E-state index in [0.717, 1.165) is 20.3 Å². The molecule has 0 saturated heterocycles. The van der Waals surface area contributed by atoms with E-state index in [1.807, 2.05) is 34.6 Å². The van der Waals surface area contributed by atoms with Crippen molar-refractivity contribution in [3.8, 4) is 0 Å². The van der Waals surface area contributed by atoms with Gasteiger partial charge in [0.1, 0.15) is 0 Å². The number of nitrogens with zero attached hydrogens (tertiary/aromatic N) is 1. The van der Waals surface area contributed by atoms with Crippen LogP contribution in [0.5, 0.6) is 0 Å². The molecule has 0 atom stereocenters. The molecule has 0 bridgehead atoms. The van der Waals surface area contributed by atoms with Gasteiger partial charge in [0, 0.05) is 4.70 Å². The summed E-state index contributed by atoms with van der Waals surface area (Å²) in [4.78, 5) is 35.8. The van der Waals surface area contributed by atoms with E-state index in [1.54, 1.807) is 11.3 Å². The number of aromatic nitrogens is 3. The van der Waals surface area contributed by atoms with Crippen LogP contribution in [0.4, 0.5) is 0 Å². The van der Waals surface area contributed by atoms with Gasteiger partial charge in [-0.15, -0.1) is 11.3 Å². The van der Waals surface area contributed by atoms with Crippen molar-refractivity contribution < 1.29 is 0 Å². The van der Waals surface area contributed by atoms with Crippen LogP contribution in [0.1, 0.15) is 5.56 Å². The first-order valence-electron chi connectivity index (χ1n) is 5.54. The molecule has 0 unspecified atom stereocenters. The van der Waals surface area contributed by atoms with E-state index in [1.165, 1.54) is 0 Å². The molecule has 0 aliphatic heterocycles. The average Bonchev–Trinajstić information content (AvgIpc) is 2.85. The maximum atomic E-state index is 11.6. The third kappa shape index (κ3) is 2.04. The Kier molecular flexibility index (Phi) is 2.68. The van der Waals surface area contributed by atoms with Crippen LogP contribution < -0.4 is 16.8 Å². The smallest absolute Gasteiger partial charge is 0.268 e. The van der Waals surface area contributed by atoms with Gasteiger partial charge < -0.3 is 0 Å². The Morgan fingerprint density at radius 1 is 1.11 bits per heavy atom. The summed E-state index contributed by atoms with van der Waals surface area (Å²) in [7, 11) is 0. The monoisotopic (exact) mass is 275 g/mol. The largest absolute Gasteiger partial charge is 0.343 e. The highest BCUT2D eigenvalue weighted by atomic mass is 32.1. The fourth-order valence-electron chi connectivity index (χ4n) is 1.91. The van der Waals surface area contributed by atoms with E-state index in [0.29, 0.717) is 0 Å². The molecule has 1 aromatic carbocycles. The lowest BCUT2D eigenvalue weighted by Crippen LogP contribution is -2.43. The Morgan fingerprint density at radius 3 is 2.79 bits per heavy atom. The first kappa shape index (κ1) is 11.7. The lowest BCUT2D eigenvalue weighted by atomic mass is 10.2. The molecule has 0 amide bonds. The summed E-state index contributed by atoms with van der Waals surface area (Å²) in [6.45, 7) is 0.211. The quantitative estimate of drug-likeness (QED) is 0.667. The summed E-state index contributed by atoms with van der Waals surface area (Å²) in [5.41, 5.74) is -1.48. The Labute approximate surface area is 109 Å². The molecule has 96 valence electrons. The van der Waals surface area contributed by atoms with Crippen LogP contribution in [0, 0.1) is 0 Å². The average molecular weight is 275 g/mol. The third-order valence-electron chi connectivity index (χ3n) is 2.80. The van der Waals surface area contributed by atoms with Crippen molar-refractivity contribution in [3.05, 3.63) is 66.4 Å². The second kappa shape index (κ2) is 4.36. The normalized spacial score (nSPS) is 10.9. The highest BCUT2D eigenvalue weighted by molar-refractivity contribution is 7.17. The van der Waals surface area contributed by atoms with E-state index < -0.39 is 16.8 Å². The molecule has 3 aromatic rings. The molecule has 3 rings (SSSR count). The molecule has 0 saturated carbocycles. The van der Waals surface area contributed by atoms with Gasteiger partial charge in [-0.3, -0.25) is 19.7 Å². The number of nitrogens with one attached hydrogen (secondary N) is 2. The molecule has 2 aromatic heterocycles. The van der Waals surface area contributed by atoms with Crippen LogP contribution in [0.15, 0.2) is 44.0 Å². The summed E-state index contributed by atoms with van der Waals surface area (Å²) in [5.74, 6) is 0. The highest BCUT2D eigenvalue weighted by Crippen LogP contribution is 2.24. The maximum absolute atomic E-state index is 11.6. The molecule has 0 aliphatic carbocycles. The number of benzene rings is 1. The fraction of sp³-hybridized carbons (Fsp3) is 0.0833. The van der Waals surface area contributed by atoms with Crippen LogP contribution in [-0.4, -0.2) is 14.8 Å². The van der Waals surface area contributed by atoms with Crippen LogP contribution in [0.25, 0.3) is 10.1 Å². The van der Waals surface area contributed by atoms with E-state index in [-0.39, 0.29) is 6.54 Å². The van der Waals surface area contributed by atoms with Crippen molar-refractivity contribution in [1.29, 1.82) is 0 Å². The van der Waals surface area contributed by atoms with Gasteiger partial charge in [-0.25, -0.2) is 9.48 Å². The molecule has 0 radical (unpaired) electrons. The van der Waals surface area contributed by atoms with Crippen LogP contribution in [0.2, 0.25) is 0 Å². The van der Waals surface area contributed by atoms with Crippen LogP contribution in [0.3, 0.4) is 0 Å². The lowest BCUT2D eigenvalue weighted by molar-refractivity contribution is 0.597. The van der Waals surface area contributed by atoms with E-state index in [9.17, 15) is 14.4 Å². The molecular weight excluding hydrogens is 266 g/mol. The van der Waals surface area contributed by atoms with Gasteiger partial charge in [0.2, 0.25) is 0 Å². The number of hydrogen-bond acceptors (Lipinski definition) is 4. The molecule has 2 N–H and O–H groups in total. The summed E-state index contributed by atoms with van der Waals surface area (Å²) < 4.78 is 2.15. The van der Waals surface area contributed by atoms with Gasteiger partial charge in [0.15, 0.2) is 0 Å². The van der Waals surface area contributed by atoms with Gasteiger partial charge in [-0.1, -0.05) is 18.2 Å². The van der Waals surface area contributed by atoms with Crippen molar-refractivity contribution in [2.45, 2.75) is 6.54 Å². The summed E-state index contributed by atoms with van der Waals surface area (Å²) in [5, 5.41) is 5.31. The van der Waals surface area contributed by atoms with Gasteiger partial charge in [0.05, 0.1) is 6.54 Å². The number of rotatable bonds is 2. The maximum Gasteiger partial charge on any atom is 0.343 e. The molecule has 0 aliphatic rings. The molecule has 0 spiro atoms. The van der Waals surface area contributed by atoms with Gasteiger partial charge in [-0.2, -0.15) is 0 Å². The second-order valence-corrected chi connectivity index (χ2v) is 4.96. The minimum Gasteiger partial charge on any atom is -0.268 e. The Balaban J connectivity index is 2.14. The minimum atomic E-state index is -0.935. The Hall–Kier alpha value is -2.41. The molecule has 2 heterocycles. The Bertz CT molecular complexity index is 916. The van der Waals surface area contributed by atoms with E-state index in [2.05, 4.69) is 5.10 Å². The van der Waals surface area contributed by atoms with Gasteiger partial charge >= 0.3 is 16.8 Å². The molecular formula is C12H9N3O3S. The van der Waals surface area contributed by atoms with E-state index >= 15 is 0 Å². The summed E-state index contributed by atoms with van der Waals surface area (Å²) in [6.07, 6.45) is 0. The predicted octanol–water partition coefficient (Wildman–Crippen LogP) is 0.488. The first-order valence-corrected chi connectivity index (χ1v) is 6.41. The standard InChI is InChI=1S/C12H9N3O3S/c16-10-11(17)14-15(12(18)13-10)6-8-3-1-2-7-4-5-19-9(7)8/h1-5H,6H2,(H,14,17)(H,13,16,18). The second-order valence-electron chi connectivity index (χ2n) is 4.04. The molecule has 19 heavy (non-hydrogen) atoms. The van der Waals surface area contributed by atoms with Crippen molar-refractivity contribution >= 4 is 21.4 Å². The molecule has 7 heteroatoms. The van der Waals surface area contributed by atoms with Gasteiger partial charge in [-0.05, 0) is 22.4 Å². The number of fused-ring (bicyclic) bond motifs is 1. The number of thiophene rings is 1. The SMILES string of the molecule is O=c1[nH]c(=O)n(Cc2cccc3ccsc23)[nH]c1=O. The topological polar surface area (TPSA) is 87.7 Å². The van der Waals surface area contributed by atoms with Crippen molar-refractivity contribution in [2.24, 2.45) is 0 Å². The van der Waals surface area contributed by atoms with Crippen molar-refractivity contribution in [3.63, 3.8) is 0 Å². The summed E-state index contributed by atoms with van der Waals surface area (Å²) >= 11 is 1.57. The van der Waals surface area contributed by atoms with Crippen molar-refractivity contribution in [2.75, 3.05) is 0 Å². The molecule has 6 nitrogen and oxygen atoms in total. The molecule has 0 fully saturated rings. The Morgan fingerprint density at radius 2 is 1.95 bits per heavy atom. The predicted molar refractivity (Wildman–Crippen MR) is 72.9 cm³/mol. The minimum absolute atomic E-state index is 0.211. The zero-order valence-electron chi connectivity index (χ0n) is 9.67. The van der Waals surface area contributed by atoms with Crippen LogP contribution in [-0.2, 0) is 6.54 Å². The van der Waals surface area contributed by atoms with E-state index in [4.69, 9.17) is 0 Å². The number of aromatic amines is 2. The zero-order valence-corrected chi connectivity index (χ0v) is 10.5. The first-order chi connectivity index (χ1) is 9.15. The van der Waals surface area contributed by atoms with Crippen LogP contribution >= 0.6 is 11.3 Å². The number of H-pyrrole nitrogens is 2. The fourth-order valence-corrected chi connectivity index (χ4v) is 2.81. The van der Waals surface area contributed by atoms with Crippen molar-refractivity contribution in [1.82, 2.24) is 14.8 Å². The lowest BCUT2D eigenvalue weighted by Gasteiger charge is -2.05.